The molecule has 0 heterocycles. The molecule has 0 aliphatic carbocycles. The second-order valence-corrected chi connectivity index (χ2v) is 3.71. The van der Waals surface area contributed by atoms with Gasteiger partial charge in [0.25, 0.3) is 0 Å². The monoisotopic (exact) mass is 264 g/mol. The largest absolute Gasteiger partial charge is 0.435 e. The van der Waals surface area contributed by atoms with E-state index in [9.17, 15) is 8.78 Å². The molecule has 0 radical (unpaired) electrons. The first-order chi connectivity index (χ1) is 6.63. The lowest BCUT2D eigenvalue weighted by Gasteiger charge is -2.09. The van der Waals surface area contributed by atoms with Crippen LogP contribution in [-0.4, -0.2) is 11.9 Å². The van der Waals surface area contributed by atoms with Gasteiger partial charge in [-0.05, 0) is 30.5 Å². The maximum absolute atomic E-state index is 12.0. The lowest BCUT2D eigenvalue weighted by molar-refractivity contribution is -0.0503. The standard InChI is InChI=1S/C10H11BrF2O/c1-7-2-3-8(4-5-11)6-9(7)14-10(12)13/h2-3,6,10H,4-5H2,1H3. The summed E-state index contributed by atoms with van der Waals surface area (Å²) in [6.45, 7) is -1.01. The summed E-state index contributed by atoms with van der Waals surface area (Å²) < 4.78 is 28.4. The van der Waals surface area contributed by atoms with Gasteiger partial charge in [-0.1, -0.05) is 28.1 Å². The van der Waals surface area contributed by atoms with Crippen LogP contribution in [0.3, 0.4) is 0 Å². The molecule has 0 amide bonds. The predicted molar refractivity (Wildman–Crippen MR) is 55.3 cm³/mol. The van der Waals surface area contributed by atoms with Crippen molar-refractivity contribution in [3.8, 4) is 5.75 Å². The molecule has 0 saturated heterocycles. The highest BCUT2D eigenvalue weighted by molar-refractivity contribution is 9.09. The highest BCUT2D eigenvalue weighted by atomic mass is 79.9. The molecular weight excluding hydrogens is 254 g/mol. The smallest absolute Gasteiger partial charge is 0.387 e. The quantitative estimate of drug-likeness (QED) is 0.756. The molecule has 78 valence electrons. The Hall–Kier alpha value is -0.640. The third-order valence-electron chi connectivity index (χ3n) is 1.85. The number of hydrogen-bond donors (Lipinski definition) is 0. The zero-order valence-electron chi connectivity index (χ0n) is 7.77. The Balaban J connectivity index is 2.84. The van der Waals surface area contributed by atoms with Crippen molar-refractivity contribution < 1.29 is 13.5 Å². The van der Waals surface area contributed by atoms with Crippen LogP contribution in [0.4, 0.5) is 8.78 Å². The summed E-state index contributed by atoms with van der Waals surface area (Å²) in [6, 6.07) is 5.35. The summed E-state index contributed by atoms with van der Waals surface area (Å²) in [6.07, 6.45) is 0.805. The molecule has 1 aromatic carbocycles. The Morgan fingerprint density at radius 2 is 2.14 bits per heavy atom. The van der Waals surface area contributed by atoms with E-state index >= 15 is 0 Å². The van der Waals surface area contributed by atoms with E-state index in [4.69, 9.17) is 0 Å². The Kier molecular flexibility index (Phi) is 4.32. The van der Waals surface area contributed by atoms with Gasteiger partial charge in [-0.25, -0.2) is 0 Å². The van der Waals surface area contributed by atoms with Crippen LogP contribution in [0.25, 0.3) is 0 Å². The third-order valence-corrected chi connectivity index (χ3v) is 2.25. The van der Waals surface area contributed by atoms with Crippen molar-refractivity contribution in [1.29, 1.82) is 0 Å². The molecular formula is C10H11BrF2O. The summed E-state index contributed by atoms with van der Waals surface area (Å²) >= 11 is 3.29. The van der Waals surface area contributed by atoms with Crippen molar-refractivity contribution in [3.63, 3.8) is 0 Å². The lowest BCUT2D eigenvalue weighted by atomic mass is 10.1. The van der Waals surface area contributed by atoms with E-state index in [0.29, 0.717) is 0 Å². The zero-order valence-corrected chi connectivity index (χ0v) is 9.35. The summed E-state index contributed by atoms with van der Waals surface area (Å²) in [4.78, 5) is 0. The molecule has 14 heavy (non-hydrogen) atoms. The second-order valence-electron chi connectivity index (χ2n) is 2.92. The van der Waals surface area contributed by atoms with E-state index in [0.717, 1.165) is 22.9 Å². The molecule has 0 spiro atoms. The maximum atomic E-state index is 12.0. The molecule has 4 heteroatoms. The van der Waals surface area contributed by atoms with Crippen molar-refractivity contribution in [2.24, 2.45) is 0 Å². The zero-order chi connectivity index (χ0) is 10.6. The molecule has 1 rings (SSSR count). The highest BCUT2D eigenvalue weighted by Crippen LogP contribution is 2.22. The van der Waals surface area contributed by atoms with Crippen LogP contribution < -0.4 is 4.74 Å². The van der Waals surface area contributed by atoms with Gasteiger partial charge in [0.1, 0.15) is 5.75 Å². The SMILES string of the molecule is Cc1ccc(CCBr)cc1OC(F)F. The summed E-state index contributed by atoms with van der Waals surface area (Å²) in [5.41, 5.74) is 1.71. The molecule has 0 unspecified atom stereocenters. The van der Waals surface area contributed by atoms with Gasteiger partial charge in [0.2, 0.25) is 0 Å². The van der Waals surface area contributed by atoms with E-state index in [1.165, 1.54) is 0 Å². The number of benzene rings is 1. The van der Waals surface area contributed by atoms with Gasteiger partial charge in [-0.15, -0.1) is 0 Å². The van der Waals surface area contributed by atoms with Gasteiger partial charge >= 0.3 is 6.61 Å². The summed E-state index contributed by atoms with van der Waals surface area (Å²) in [7, 11) is 0. The number of ether oxygens (including phenoxy) is 1. The van der Waals surface area contributed by atoms with Gasteiger partial charge in [0, 0.05) is 5.33 Å². The number of rotatable bonds is 4. The Labute approximate surface area is 90.2 Å². The molecule has 0 N–H and O–H groups in total. The Morgan fingerprint density at radius 1 is 1.43 bits per heavy atom. The highest BCUT2D eigenvalue weighted by Gasteiger charge is 2.07. The van der Waals surface area contributed by atoms with Crippen LogP contribution >= 0.6 is 15.9 Å². The van der Waals surface area contributed by atoms with E-state index in [1.54, 1.807) is 19.1 Å². The van der Waals surface area contributed by atoms with Crippen LogP contribution in [0.1, 0.15) is 11.1 Å². The second kappa shape index (κ2) is 5.29. The minimum Gasteiger partial charge on any atom is -0.435 e. The average molecular weight is 265 g/mol. The van der Waals surface area contributed by atoms with Crippen molar-refractivity contribution in [2.45, 2.75) is 20.0 Å². The fraction of sp³-hybridized carbons (Fsp3) is 0.400. The summed E-state index contributed by atoms with van der Waals surface area (Å²) in [5.74, 6) is 0.262. The van der Waals surface area contributed by atoms with Crippen LogP contribution in [0, 0.1) is 6.92 Å². The van der Waals surface area contributed by atoms with E-state index in [2.05, 4.69) is 20.7 Å². The molecule has 0 aromatic heterocycles. The molecule has 0 bridgehead atoms. The number of alkyl halides is 3. The molecule has 0 aliphatic heterocycles. The molecule has 0 atom stereocenters. The number of hydrogen-bond acceptors (Lipinski definition) is 1. The third kappa shape index (κ3) is 3.25. The van der Waals surface area contributed by atoms with Crippen molar-refractivity contribution in [1.82, 2.24) is 0 Å². The Morgan fingerprint density at radius 3 is 2.71 bits per heavy atom. The van der Waals surface area contributed by atoms with Crippen LogP contribution in [0.2, 0.25) is 0 Å². The van der Waals surface area contributed by atoms with Gasteiger partial charge < -0.3 is 4.74 Å². The van der Waals surface area contributed by atoms with Crippen LogP contribution in [0.15, 0.2) is 18.2 Å². The fourth-order valence-electron chi connectivity index (χ4n) is 1.13. The van der Waals surface area contributed by atoms with Crippen LogP contribution in [0.5, 0.6) is 5.75 Å². The predicted octanol–water partition coefficient (Wildman–Crippen LogP) is 3.53. The number of aryl methyl sites for hydroxylation is 2. The molecule has 0 fully saturated rings. The van der Waals surface area contributed by atoms with Crippen molar-refractivity contribution in [3.05, 3.63) is 29.3 Å². The normalized spacial score (nSPS) is 10.6. The summed E-state index contributed by atoms with van der Waals surface area (Å²) in [5, 5.41) is 0.810. The molecule has 1 nitrogen and oxygen atoms in total. The van der Waals surface area contributed by atoms with Crippen molar-refractivity contribution >= 4 is 15.9 Å². The first kappa shape index (κ1) is 11.4. The average Bonchev–Trinajstić information content (AvgIpc) is 2.10. The van der Waals surface area contributed by atoms with Gasteiger partial charge in [-0.2, -0.15) is 8.78 Å². The minimum absolute atomic E-state index is 0.262. The minimum atomic E-state index is -2.76. The van der Waals surface area contributed by atoms with E-state index in [-0.39, 0.29) is 5.75 Å². The topological polar surface area (TPSA) is 9.23 Å². The first-order valence-corrected chi connectivity index (χ1v) is 5.36. The lowest BCUT2D eigenvalue weighted by Crippen LogP contribution is -2.03. The van der Waals surface area contributed by atoms with Gasteiger partial charge in [-0.3, -0.25) is 0 Å². The molecule has 0 saturated carbocycles. The van der Waals surface area contributed by atoms with E-state index < -0.39 is 6.61 Å². The van der Waals surface area contributed by atoms with Gasteiger partial charge in [0.05, 0.1) is 0 Å². The first-order valence-electron chi connectivity index (χ1n) is 4.24. The van der Waals surface area contributed by atoms with Crippen molar-refractivity contribution in [2.75, 3.05) is 5.33 Å². The number of halogens is 3. The van der Waals surface area contributed by atoms with Gasteiger partial charge in [0.15, 0.2) is 0 Å². The maximum Gasteiger partial charge on any atom is 0.387 e. The van der Waals surface area contributed by atoms with Crippen LogP contribution in [-0.2, 0) is 6.42 Å². The van der Waals surface area contributed by atoms with E-state index in [1.807, 2.05) is 6.07 Å². The molecule has 0 aliphatic rings. The Bertz CT molecular complexity index is 302. The molecule has 1 aromatic rings. The fourth-order valence-corrected chi connectivity index (χ4v) is 1.59.